The van der Waals surface area contributed by atoms with Gasteiger partial charge in [0.15, 0.2) is 0 Å². The van der Waals surface area contributed by atoms with Crippen molar-refractivity contribution in [3.8, 4) is 5.75 Å². The molecule has 0 aliphatic carbocycles. The average molecular weight is 547 g/mol. The maximum Gasteiger partial charge on any atom is 0.247 e. The van der Waals surface area contributed by atoms with Crippen LogP contribution in [-0.2, 0) is 28.4 Å². The fraction of sp³-hybridized carbons (Fsp3) is 0.367. The first-order chi connectivity index (χ1) is 18.5. The number of benzene rings is 3. The summed E-state index contributed by atoms with van der Waals surface area (Å²) < 4.78 is 36.7. The summed E-state index contributed by atoms with van der Waals surface area (Å²) in [5.41, 5.74) is 7.53. The SMILES string of the molecule is CC(=O)C[C@@H](c1ccc(C)c(CN2C[C@@H](C)Oc3cc(C)ccc3S2(=O)=O)c1)c1ccc2c(nnn2C)c1C. The molecule has 1 aliphatic heterocycles. The largest absolute Gasteiger partial charge is 0.488 e. The molecule has 0 fully saturated rings. The van der Waals surface area contributed by atoms with Gasteiger partial charge in [-0.15, -0.1) is 5.10 Å². The Labute approximate surface area is 229 Å². The first-order valence-electron chi connectivity index (χ1n) is 13.1. The smallest absolute Gasteiger partial charge is 0.247 e. The van der Waals surface area contributed by atoms with Crippen molar-refractivity contribution in [1.82, 2.24) is 19.3 Å². The molecule has 204 valence electrons. The van der Waals surface area contributed by atoms with E-state index in [-0.39, 0.29) is 35.8 Å². The molecule has 0 N–H and O–H groups in total. The minimum Gasteiger partial charge on any atom is -0.488 e. The highest BCUT2D eigenvalue weighted by Gasteiger charge is 2.34. The van der Waals surface area contributed by atoms with Gasteiger partial charge in [0.1, 0.15) is 28.0 Å². The lowest BCUT2D eigenvalue weighted by Crippen LogP contribution is -2.35. The van der Waals surface area contributed by atoms with Gasteiger partial charge in [-0.25, -0.2) is 13.1 Å². The molecule has 1 aromatic heterocycles. The lowest BCUT2D eigenvalue weighted by Gasteiger charge is -2.24. The summed E-state index contributed by atoms with van der Waals surface area (Å²) >= 11 is 0. The zero-order valence-electron chi connectivity index (χ0n) is 23.2. The first-order valence-corrected chi connectivity index (χ1v) is 14.5. The molecule has 2 heterocycles. The zero-order chi connectivity index (χ0) is 28.1. The van der Waals surface area contributed by atoms with Crippen LogP contribution in [0.15, 0.2) is 53.4 Å². The van der Waals surface area contributed by atoms with Gasteiger partial charge < -0.3 is 4.74 Å². The van der Waals surface area contributed by atoms with Gasteiger partial charge in [0.05, 0.1) is 12.1 Å². The Morgan fingerprint density at radius 2 is 1.87 bits per heavy atom. The number of aromatic nitrogens is 3. The Morgan fingerprint density at radius 3 is 2.62 bits per heavy atom. The van der Waals surface area contributed by atoms with Gasteiger partial charge in [-0.2, -0.15) is 4.31 Å². The second-order valence-corrected chi connectivity index (χ2v) is 12.6. The topological polar surface area (TPSA) is 94.4 Å². The van der Waals surface area contributed by atoms with E-state index in [4.69, 9.17) is 4.74 Å². The number of ketones is 1. The summed E-state index contributed by atoms with van der Waals surface area (Å²) in [5, 5.41) is 8.50. The Bertz CT molecular complexity index is 1690. The van der Waals surface area contributed by atoms with Crippen LogP contribution in [0.4, 0.5) is 0 Å². The summed E-state index contributed by atoms with van der Waals surface area (Å²) in [7, 11) is -1.92. The third-order valence-corrected chi connectivity index (χ3v) is 9.43. The summed E-state index contributed by atoms with van der Waals surface area (Å²) in [6, 6.07) is 15.3. The van der Waals surface area contributed by atoms with Crippen LogP contribution in [0, 0.1) is 20.8 Å². The Kier molecular flexibility index (Phi) is 7.07. The van der Waals surface area contributed by atoms with E-state index in [1.807, 2.05) is 65.1 Å². The molecule has 0 amide bonds. The van der Waals surface area contributed by atoms with Crippen LogP contribution in [0.2, 0.25) is 0 Å². The van der Waals surface area contributed by atoms with Crippen LogP contribution in [0.25, 0.3) is 11.0 Å². The highest BCUT2D eigenvalue weighted by molar-refractivity contribution is 7.89. The molecular weight excluding hydrogens is 512 g/mol. The molecule has 0 saturated heterocycles. The molecule has 4 aromatic rings. The fourth-order valence-corrected chi connectivity index (χ4v) is 7.03. The second-order valence-electron chi connectivity index (χ2n) is 10.7. The van der Waals surface area contributed by atoms with E-state index in [0.717, 1.165) is 44.4 Å². The van der Waals surface area contributed by atoms with Gasteiger partial charge >= 0.3 is 0 Å². The van der Waals surface area contributed by atoms with E-state index in [9.17, 15) is 13.2 Å². The maximum absolute atomic E-state index is 13.7. The van der Waals surface area contributed by atoms with E-state index in [1.165, 1.54) is 4.31 Å². The lowest BCUT2D eigenvalue weighted by atomic mass is 9.83. The number of hydrogen-bond donors (Lipinski definition) is 0. The van der Waals surface area contributed by atoms with Crippen LogP contribution in [0.3, 0.4) is 0 Å². The standard InChI is InChI=1S/C30H34N4O4S/c1-18-7-12-29-28(13-18)38-21(4)16-34(39(29,36)37)17-24-15-23(9-8-19(24)2)26(14-20(3)35)25-10-11-27-30(22(25)5)31-32-33(27)6/h7-13,15,21,26H,14,16-17H2,1-6H3/t21-,26+/m1/s1. The predicted molar refractivity (Wildman–Crippen MR) is 150 cm³/mol. The molecule has 3 aromatic carbocycles. The van der Waals surface area contributed by atoms with Crippen LogP contribution in [-0.4, -0.2) is 46.1 Å². The number of carbonyl (C=O) groups excluding carboxylic acids is 1. The average Bonchev–Trinajstić information content (AvgIpc) is 3.21. The molecule has 0 saturated carbocycles. The number of rotatable bonds is 6. The molecule has 5 rings (SSSR count). The van der Waals surface area contributed by atoms with E-state index < -0.39 is 10.0 Å². The monoisotopic (exact) mass is 546 g/mol. The molecule has 0 unspecified atom stereocenters. The number of fused-ring (bicyclic) bond motifs is 2. The second kappa shape index (κ2) is 10.2. The number of sulfonamides is 1. The van der Waals surface area contributed by atoms with Gasteiger partial charge in [0.25, 0.3) is 0 Å². The quantitative estimate of drug-likeness (QED) is 0.339. The highest BCUT2D eigenvalue weighted by Crippen LogP contribution is 2.36. The van der Waals surface area contributed by atoms with Crippen molar-refractivity contribution in [3.05, 3.63) is 81.9 Å². The number of ether oxygens (including phenoxy) is 1. The first kappa shape index (κ1) is 27.0. The fourth-order valence-electron chi connectivity index (χ4n) is 5.44. The molecule has 1 aliphatic rings. The van der Waals surface area contributed by atoms with Crippen LogP contribution in [0.1, 0.15) is 59.6 Å². The van der Waals surface area contributed by atoms with Gasteiger partial charge in [0, 0.05) is 25.9 Å². The van der Waals surface area contributed by atoms with Crippen LogP contribution in [0.5, 0.6) is 5.75 Å². The lowest BCUT2D eigenvalue weighted by molar-refractivity contribution is -0.117. The summed E-state index contributed by atoms with van der Waals surface area (Å²) in [6.07, 6.45) is 0.0208. The molecule has 0 spiro atoms. The summed E-state index contributed by atoms with van der Waals surface area (Å²) in [5.74, 6) is 0.278. The molecule has 9 heteroatoms. The van der Waals surface area contributed by atoms with Crippen molar-refractivity contribution >= 4 is 26.8 Å². The van der Waals surface area contributed by atoms with Crippen molar-refractivity contribution in [2.75, 3.05) is 6.54 Å². The maximum atomic E-state index is 13.7. The Hall–Kier alpha value is -3.56. The molecule has 39 heavy (non-hydrogen) atoms. The minimum atomic E-state index is -3.78. The van der Waals surface area contributed by atoms with Gasteiger partial charge in [-0.05, 0) is 86.2 Å². The molecular formula is C30H34N4O4S. The highest BCUT2D eigenvalue weighted by atomic mass is 32.2. The third-order valence-electron chi connectivity index (χ3n) is 7.57. The Balaban J connectivity index is 1.55. The molecule has 2 atom stereocenters. The number of nitrogens with zero attached hydrogens (tertiary/aromatic N) is 4. The van der Waals surface area contributed by atoms with Gasteiger partial charge in [-0.3, -0.25) is 4.79 Å². The molecule has 0 bridgehead atoms. The number of hydrogen-bond acceptors (Lipinski definition) is 6. The van der Waals surface area contributed by atoms with Crippen molar-refractivity contribution in [2.45, 2.75) is 64.5 Å². The van der Waals surface area contributed by atoms with Crippen LogP contribution >= 0.6 is 0 Å². The van der Waals surface area contributed by atoms with Crippen molar-refractivity contribution < 1.29 is 17.9 Å². The van der Waals surface area contributed by atoms with Gasteiger partial charge in [-0.1, -0.05) is 35.5 Å². The number of aryl methyl sites for hydroxylation is 4. The normalized spacial score (nSPS) is 17.8. The predicted octanol–water partition coefficient (Wildman–Crippen LogP) is 4.98. The van der Waals surface area contributed by atoms with E-state index >= 15 is 0 Å². The van der Waals surface area contributed by atoms with Crippen molar-refractivity contribution in [1.29, 1.82) is 0 Å². The van der Waals surface area contributed by atoms with Crippen LogP contribution < -0.4 is 4.74 Å². The van der Waals surface area contributed by atoms with Crippen molar-refractivity contribution in [2.24, 2.45) is 7.05 Å². The molecule has 0 radical (unpaired) electrons. The third kappa shape index (κ3) is 5.08. The van der Waals surface area contributed by atoms with Crippen molar-refractivity contribution in [3.63, 3.8) is 0 Å². The number of Topliss-reactive ketones (excluding diaryl/α,β-unsaturated/α-hetero) is 1. The van der Waals surface area contributed by atoms with E-state index in [2.05, 4.69) is 10.3 Å². The summed E-state index contributed by atoms with van der Waals surface area (Å²) in [4.78, 5) is 12.6. The minimum absolute atomic E-state index is 0.0775. The molecule has 8 nitrogen and oxygen atoms in total. The van der Waals surface area contributed by atoms with E-state index in [0.29, 0.717) is 12.2 Å². The zero-order valence-corrected chi connectivity index (χ0v) is 24.0. The van der Waals surface area contributed by atoms with Gasteiger partial charge in [0.2, 0.25) is 10.0 Å². The van der Waals surface area contributed by atoms with E-state index in [1.54, 1.807) is 29.8 Å². The summed E-state index contributed by atoms with van der Waals surface area (Å²) in [6.45, 7) is 9.84. The number of carbonyl (C=O) groups is 1. The Morgan fingerprint density at radius 1 is 1.10 bits per heavy atom.